The Balaban J connectivity index is 2.03. The van der Waals surface area contributed by atoms with E-state index in [4.69, 9.17) is 5.73 Å². The van der Waals surface area contributed by atoms with E-state index in [1.807, 2.05) is 42.5 Å². The molecule has 0 saturated heterocycles. The average molecular weight is 296 g/mol. The number of rotatable bonds is 4. The molecular formula is C19H24N2O. The Labute approximate surface area is 132 Å². The molecule has 0 atom stereocenters. The third kappa shape index (κ3) is 4.10. The van der Waals surface area contributed by atoms with Crippen molar-refractivity contribution in [2.24, 2.45) is 0 Å². The lowest BCUT2D eigenvalue weighted by Crippen LogP contribution is -2.19. The van der Waals surface area contributed by atoms with Gasteiger partial charge in [0, 0.05) is 17.8 Å². The third-order valence-electron chi connectivity index (χ3n) is 3.69. The van der Waals surface area contributed by atoms with Crippen LogP contribution in [-0.4, -0.2) is 5.91 Å². The largest absolute Gasteiger partial charge is 0.399 e. The molecule has 0 aliphatic rings. The summed E-state index contributed by atoms with van der Waals surface area (Å²) in [6.07, 6.45) is 1.07. The van der Waals surface area contributed by atoms with Crippen molar-refractivity contribution >= 4 is 17.3 Å². The number of carbonyl (C=O) groups excluding carboxylic acids is 1. The van der Waals surface area contributed by atoms with Gasteiger partial charge in [-0.3, -0.25) is 4.79 Å². The van der Waals surface area contributed by atoms with Crippen molar-refractivity contribution in [1.82, 2.24) is 0 Å². The highest BCUT2D eigenvalue weighted by atomic mass is 16.1. The molecule has 0 heterocycles. The SMILES string of the molecule is CC(C)(C)c1ccccc1NC(=O)CCc1ccccc1N. The van der Waals surface area contributed by atoms with Crippen LogP contribution >= 0.6 is 0 Å². The summed E-state index contributed by atoms with van der Waals surface area (Å²) in [7, 11) is 0. The van der Waals surface area contributed by atoms with E-state index in [0.717, 1.165) is 22.5 Å². The Morgan fingerprint density at radius 2 is 1.68 bits per heavy atom. The first kappa shape index (κ1) is 16.1. The fraction of sp³-hybridized carbons (Fsp3) is 0.316. The Morgan fingerprint density at radius 1 is 1.05 bits per heavy atom. The summed E-state index contributed by atoms with van der Waals surface area (Å²) in [6, 6.07) is 15.6. The molecule has 0 spiro atoms. The van der Waals surface area contributed by atoms with Gasteiger partial charge in [-0.25, -0.2) is 0 Å². The summed E-state index contributed by atoms with van der Waals surface area (Å²) in [6.45, 7) is 6.42. The second-order valence-corrected chi connectivity index (χ2v) is 6.54. The van der Waals surface area contributed by atoms with E-state index in [1.165, 1.54) is 0 Å². The fourth-order valence-electron chi connectivity index (χ4n) is 2.47. The minimum Gasteiger partial charge on any atom is -0.399 e. The minimum atomic E-state index is -0.00622. The maximum Gasteiger partial charge on any atom is 0.224 e. The maximum atomic E-state index is 12.2. The monoisotopic (exact) mass is 296 g/mol. The van der Waals surface area contributed by atoms with Crippen LogP contribution in [0.5, 0.6) is 0 Å². The number of nitrogens with two attached hydrogens (primary N) is 1. The van der Waals surface area contributed by atoms with E-state index >= 15 is 0 Å². The van der Waals surface area contributed by atoms with Crippen molar-refractivity contribution in [3.05, 3.63) is 59.7 Å². The second kappa shape index (κ2) is 6.65. The lowest BCUT2D eigenvalue weighted by molar-refractivity contribution is -0.116. The molecule has 0 aliphatic heterocycles. The molecule has 0 saturated carbocycles. The highest BCUT2D eigenvalue weighted by molar-refractivity contribution is 5.91. The van der Waals surface area contributed by atoms with Gasteiger partial charge in [0.25, 0.3) is 0 Å². The number of aryl methyl sites for hydroxylation is 1. The van der Waals surface area contributed by atoms with Crippen LogP contribution in [0.15, 0.2) is 48.5 Å². The first-order valence-electron chi connectivity index (χ1n) is 7.60. The van der Waals surface area contributed by atoms with Gasteiger partial charge in [0.2, 0.25) is 5.91 Å². The number of amides is 1. The van der Waals surface area contributed by atoms with Crippen molar-refractivity contribution < 1.29 is 4.79 Å². The normalized spacial score (nSPS) is 11.2. The Kier molecular flexibility index (Phi) is 4.86. The Morgan fingerprint density at radius 3 is 2.36 bits per heavy atom. The number of anilines is 2. The van der Waals surface area contributed by atoms with Crippen molar-refractivity contribution in [2.75, 3.05) is 11.1 Å². The van der Waals surface area contributed by atoms with Crippen LogP contribution in [0, 0.1) is 0 Å². The van der Waals surface area contributed by atoms with E-state index in [9.17, 15) is 4.79 Å². The molecule has 0 bridgehead atoms. The second-order valence-electron chi connectivity index (χ2n) is 6.54. The predicted molar refractivity (Wildman–Crippen MR) is 92.9 cm³/mol. The molecule has 3 heteroatoms. The third-order valence-corrected chi connectivity index (χ3v) is 3.69. The standard InChI is InChI=1S/C19H24N2O/c1-19(2,3)15-9-5-7-11-17(15)21-18(22)13-12-14-8-4-6-10-16(14)20/h4-11H,12-13,20H2,1-3H3,(H,21,22). The fourth-order valence-corrected chi connectivity index (χ4v) is 2.47. The van der Waals surface area contributed by atoms with Gasteiger partial charge in [0.05, 0.1) is 0 Å². The maximum absolute atomic E-state index is 12.2. The first-order valence-corrected chi connectivity index (χ1v) is 7.60. The zero-order valence-corrected chi connectivity index (χ0v) is 13.5. The average Bonchev–Trinajstić information content (AvgIpc) is 2.46. The van der Waals surface area contributed by atoms with Crippen LogP contribution in [0.25, 0.3) is 0 Å². The van der Waals surface area contributed by atoms with Crippen molar-refractivity contribution in [2.45, 2.75) is 39.0 Å². The number of hydrogen-bond donors (Lipinski definition) is 2. The molecule has 116 valence electrons. The quantitative estimate of drug-likeness (QED) is 0.833. The molecular weight excluding hydrogens is 272 g/mol. The number of carbonyl (C=O) groups is 1. The number of nitrogen functional groups attached to an aromatic ring is 1. The molecule has 0 unspecified atom stereocenters. The van der Waals surface area contributed by atoms with Gasteiger partial charge in [-0.1, -0.05) is 57.2 Å². The molecule has 0 fully saturated rings. The van der Waals surface area contributed by atoms with E-state index < -0.39 is 0 Å². The van der Waals surface area contributed by atoms with Crippen LogP contribution in [-0.2, 0) is 16.6 Å². The van der Waals surface area contributed by atoms with Crippen LogP contribution in [0.3, 0.4) is 0 Å². The van der Waals surface area contributed by atoms with Crippen LogP contribution in [0.4, 0.5) is 11.4 Å². The van der Waals surface area contributed by atoms with Crippen molar-refractivity contribution in [3.63, 3.8) is 0 Å². The molecule has 2 rings (SSSR count). The van der Waals surface area contributed by atoms with Gasteiger partial charge in [0.15, 0.2) is 0 Å². The molecule has 0 aliphatic carbocycles. The highest BCUT2D eigenvalue weighted by Gasteiger charge is 2.18. The predicted octanol–water partition coefficient (Wildman–Crippen LogP) is 4.14. The smallest absolute Gasteiger partial charge is 0.224 e. The summed E-state index contributed by atoms with van der Waals surface area (Å²) in [5.41, 5.74) is 9.69. The van der Waals surface area contributed by atoms with E-state index in [-0.39, 0.29) is 11.3 Å². The summed E-state index contributed by atoms with van der Waals surface area (Å²) in [5, 5.41) is 3.03. The first-order chi connectivity index (χ1) is 10.4. The number of benzene rings is 2. The Bertz CT molecular complexity index is 656. The van der Waals surface area contributed by atoms with Gasteiger partial charge >= 0.3 is 0 Å². The van der Waals surface area contributed by atoms with Gasteiger partial charge in [-0.15, -0.1) is 0 Å². The summed E-state index contributed by atoms with van der Waals surface area (Å²) >= 11 is 0. The molecule has 2 aromatic rings. The molecule has 1 amide bonds. The lowest BCUT2D eigenvalue weighted by Gasteiger charge is -2.23. The highest BCUT2D eigenvalue weighted by Crippen LogP contribution is 2.29. The van der Waals surface area contributed by atoms with Crippen molar-refractivity contribution in [1.29, 1.82) is 0 Å². The number of nitrogens with one attached hydrogen (secondary N) is 1. The Hall–Kier alpha value is -2.29. The van der Waals surface area contributed by atoms with Gasteiger partial charge in [-0.2, -0.15) is 0 Å². The summed E-state index contributed by atoms with van der Waals surface area (Å²) in [4.78, 5) is 12.2. The van der Waals surface area contributed by atoms with E-state index in [1.54, 1.807) is 0 Å². The van der Waals surface area contributed by atoms with Crippen LogP contribution in [0.1, 0.15) is 38.3 Å². The van der Waals surface area contributed by atoms with Crippen LogP contribution in [0.2, 0.25) is 0 Å². The molecule has 22 heavy (non-hydrogen) atoms. The topological polar surface area (TPSA) is 55.1 Å². The summed E-state index contributed by atoms with van der Waals surface area (Å²) in [5.74, 6) is 0.0138. The van der Waals surface area contributed by atoms with Crippen molar-refractivity contribution in [3.8, 4) is 0 Å². The molecule has 3 nitrogen and oxygen atoms in total. The van der Waals surface area contributed by atoms with Crippen LogP contribution < -0.4 is 11.1 Å². The number of hydrogen-bond acceptors (Lipinski definition) is 2. The van der Waals surface area contributed by atoms with E-state index in [2.05, 4.69) is 32.2 Å². The van der Waals surface area contributed by atoms with Gasteiger partial charge < -0.3 is 11.1 Å². The van der Waals surface area contributed by atoms with Gasteiger partial charge in [0.1, 0.15) is 0 Å². The molecule has 0 radical (unpaired) electrons. The molecule has 0 aromatic heterocycles. The van der Waals surface area contributed by atoms with Gasteiger partial charge in [-0.05, 0) is 35.1 Å². The zero-order valence-electron chi connectivity index (χ0n) is 13.5. The number of para-hydroxylation sites is 2. The lowest BCUT2D eigenvalue weighted by atomic mass is 9.86. The molecule has 3 N–H and O–H groups in total. The zero-order chi connectivity index (χ0) is 16.2. The minimum absolute atomic E-state index is 0.00622. The van der Waals surface area contributed by atoms with E-state index in [0.29, 0.717) is 12.8 Å². The summed E-state index contributed by atoms with van der Waals surface area (Å²) < 4.78 is 0. The molecule has 2 aromatic carbocycles.